The van der Waals surface area contributed by atoms with Gasteiger partial charge in [-0.25, -0.2) is 0 Å². The van der Waals surface area contributed by atoms with Crippen LogP contribution in [0.3, 0.4) is 0 Å². The van der Waals surface area contributed by atoms with Crippen molar-refractivity contribution in [2.24, 2.45) is 7.05 Å². The second-order valence-electron chi connectivity index (χ2n) is 8.59. The molecule has 0 saturated heterocycles. The first-order valence-corrected chi connectivity index (χ1v) is 11.7. The van der Waals surface area contributed by atoms with Crippen LogP contribution in [0.25, 0.3) is 33.1 Å². The lowest BCUT2D eigenvalue weighted by Crippen LogP contribution is -2.24. The molecule has 0 atom stereocenters. The van der Waals surface area contributed by atoms with E-state index in [1.54, 1.807) is 43.1 Å². The van der Waals surface area contributed by atoms with E-state index in [1.807, 2.05) is 31.4 Å². The lowest BCUT2D eigenvalue weighted by Gasteiger charge is -2.14. The summed E-state index contributed by atoms with van der Waals surface area (Å²) >= 11 is 0. The average Bonchev–Trinajstić information content (AvgIpc) is 3.32. The van der Waals surface area contributed by atoms with Crippen molar-refractivity contribution in [3.63, 3.8) is 0 Å². The fourth-order valence-electron chi connectivity index (χ4n) is 4.34. The summed E-state index contributed by atoms with van der Waals surface area (Å²) in [6, 6.07) is 17.6. The van der Waals surface area contributed by atoms with Gasteiger partial charge in [0.2, 0.25) is 0 Å². The molecule has 6 aromatic rings. The minimum Gasteiger partial charge on any atom is -0.354 e. The highest BCUT2D eigenvalue weighted by atomic mass is 16.1. The van der Waals surface area contributed by atoms with E-state index in [2.05, 4.69) is 64.6 Å². The standard InChI is InChI=1S/C28H22N8O/c1-36-12-7-18-4-5-19(13-26(18)36)23-14-21(15-24-27(23)31-11-10-30-24)34-25-17-29-9-6-22(25)28(37)32-16-20-3-2-8-33-35-20/h2-15,17,34H,16H2,1H3,(H,32,37). The number of rotatable bonds is 6. The molecule has 4 heterocycles. The first-order valence-electron chi connectivity index (χ1n) is 11.7. The first-order chi connectivity index (χ1) is 18.2. The molecule has 9 nitrogen and oxygen atoms in total. The molecule has 0 saturated carbocycles. The zero-order valence-electron chi connectivity index (χ0n) is 20.0. The molecule has 0 aliphatic heterocycles. The number of carbonyl (C=O) groups excluding carboxylic acids is 1. The molecule has 0 fully saturated rings. The number of anilines is 2. The van der Waals surface area contributed by atoms with Gasteiger partial charge in [-0.1, -0.05) is 12.1 Å². The second-order valence-corrected chi connectivity index (χ2v) is 8.59. The third-order valence-corrected chi connectivity index (χ3v) is 6.18. The highest BCUT2D eigenvalue weighted by Crippen LogP contribution is 2.33. The first kappa shape index (κ1) is 22.3. The van der Waals surface area contributed by atoms with Gasteiger partial charge in [-0.15, -0.1) is 0 Å². The van der Waals surface area contributed by atoms with Crippen LogP contribution in [0.2, 0.25) is 0 Å². The number of amides is 1. The van der Waals surface area contributed by atoms with Gasteiger partial charge in [-0.3, -0.25) is 19.7 Å². The van der Waals surface area contributed by atoms with E-state index in [-0.39, 0.29) is 12.5 Å². The average molecular weight is 487 g/mol. The molecule has 0 bridgehead atoms. The van der Waals surface area contributed by atoms with Gasteiger partial charge >= 0.3 is 0 Å². The predicted octanol–water partition coefficient (Wildman–Crippen LogP) is 4.65. The summed E-state index contributed by atoms with van der Waals surface area (Å²) < 4.78 is 2.09. The molecule has 2 aromatic carbocycles. The summed E-state index contributed by atoms with van der Waals surface area (Å²) in [4.78, 5) is 26.4. The maximum absolute atomic E-state index is 13.0. The molecule has 0 aliphatic rings. The smallest absolute Gasteiger partial charge is 0.253 e. The molecule has 2 N–H and O–H groups in total. The van der Waals surface area contributed by atoms with Crippen molar-refractivity contribution >= 4 is 39.2 Å². The molecule has 0 unspecified atom stereocenters. The lowest BCUT2D eigenvalue weighted by molar-refractivity contribution is 0.0951. The van der Waals surface area contributed by atoms with Gasteiger partial charge in [0.15, 0.2) is 0 Å². The Hall–Kier alpha value is -5.18. The molecular formula is C28H22N8O. The third-order valence-electron chi connectivity index (χ3n) is 6.18. The Morgan fingerprint density at radius 2 is 1.89 bits per heavy atom. The summed E-state index contributed by atoms with van der Waals surface area (Å²) in [6.07, 6.45) is 10.2. The van der Waals surface area contributed by atoms with E-state index in [1.165, 1.54) is 5.39 Å². The van der Waals surface area contributed by atoms with E-state index in [9.17, 15) is 4.79 Å². The summed E-state index contributed by atoms with van der Waals surface area (Å²) in [7, 11) is 2.03. The predicted molar refractivity (Wildman–Crippen MR) is 142 cm³/mol. The number of nitrogens with one attached hydrogen (secondary N) is 2. The molecule has 0 radical (unpaired) electrons. The van der Waals surface area contributed by atoms with Crippen molar-refractivity contribution in [2.45, 2.75) is 6.54 Å². The van der Waals surface area contributed by atoms with Crippen LogP contribution in [0.4, 0.5) is 11.4 Å². The van der Waals surface area contributed by atoms with Crippen LogP contribution < -0.4 is 10.6 Å². The van der Waals surface area contributed by atoms with Crippen molar-refractivity contribution in [1.29, 1.82) is 0 Å². The second kappa shape index (κ2) is 9.46. The number of hydrogen-bond acceptors (Lipinski definition) is 7. The Bertz CT molecular complexity index is 1750. The number of pyridine rings is 1. The highest BCUT2D eigenvalue weighted by Gasteiger charge is 2.15. The van der Waals surface area contributed by atoms with Gasteiger partial charge in [0, 0.05) is 54.8 Å². The van der Waals surface area contributed by atoms with Crippen LogP contribution in [-0.2, 0) is 13.6 Å². The molecule has 6 rings (SSSR count). The largest absolute Gasteiger partial charge is 0.354 e. The van der Waals surface area contributed by atoms with Gasteiger partial charge in [0.1, 0.15) is 0 Å². The molecular weight excluding hydrogens is 464 g/mol. The van der Waals surface area contributed by atoms with Crippen LogP contribution in [0.15, 0.2) is 91.8 Å². The SMILES string of the molecule is Cn1ccc2ccc(-c3cc(Nc4cnccc4C(=O)NCc4cccnn4)cc4nccnc34)cc21. The van der Waals surface area contributed by atoms with Crippen LogP contribution >= 0.6 is 0 Å². The number of benzene rings is 2. The minimum absolute atomic E-state index is 0.245. The maximum atomic E-state index is 13.0. The number of aromatic nitrogens is 6. The fourth-order valence-corrected chi connectivity index (χ4v) is 4.34. The summed E-state index contributed by atoms with van der Waals surface area (Å²) in [6.45, 7) is 0.270. The van der Waals surface area contributed by atoms with Crippen LogP contribution in [0.5, 0.6) is 0 Å². The highest BCUT2D eigenvalue weighted by molar-refractivity contribution is 6.01. The number of carbonyl (C=O) groups is 1. The summed E-state index contributed by atoms with van der Waals surface area (Å²) in [5.41, 5.74) is 7.11. The van der Waals surface area contributed by atoms with Crippen molar-refractivity contribution in [2.75, 3.05) is 5.32 Å². The Morgan fingerprint density at radius 3 is 2.78 bits per heavy atom. The van der Waals surface area contributed by atoms with E-state index in [0.29, 0.717) is 16.9 Å². The quantitative estimate of drug-likeness (QED) is 0.353. The van der Waals surface area contributed by atoms with Crippen LogP contribution in [-0.4, -0.2) is 35.6 Å². The van der Waals surface area contributed by atoms with Gasteiger partial charge in [0.05, 0.1) is 40.7 Å². The van der Waals surface area contributed by atoms with E-state index < -0.39 is 0 Å². The molecule has 4 aromatic heterocycles. The molecule has 0 spiro atoms. The van der Waals surface area contributed by atoms with Gasteiger partial charge in [-0.2, -0.15) is 10.2 Å². The minimum atomic E-state index is -0.245. The van der Waals surface area contributed by atoms with Crippen LogP contribution in [0.1, 0.15) is 16.1 Å². The molecule has 0 aliphatic carbocycles. The Morgan fingerprint density at radius 1 is 0.973 bits per heavy atom. The number of hydrogen-bond donors (Lipinski definition) is 2. The fraction of sp³-hybridized carbons (Fsp3) is 0.0714. The van der Waals surface area contributed by atoms with Crippen molar-refractivity contribution in [3.8, 4) is 11.1 Å². The zero-order valence-corrected chi connectivity index (χ0v) is 20.0. The normalized spacial score (nSPS) is 11.1. The Kier molecular flexibility index (Phi) is 5.70. The van der Waals surface area contributed by atoms with E-state index in [0.717, 1.165) is 33.4 Å². The third kappa shape index (κ3) is 4.45. The maximum Gasteiger partial charge on any atom is 0.253 e. The number of fused-ring (bicyclic) bond motifs is 2. The lowest BCUT2D eigenvalue weighted by atomic mass is 10.0. The van der Waals surface area contributed by atoms with Crippen molar-refractivity contribution in [1.82, 2.24) is 35.0 Å². The van der Waals surface area contributed by atoms with Gasteiger partial charge in [0.25, 0.3) is 5.91 Å². The zero-order chi connectivity index (χ0) is 25.2. The van der Waals surface area contributed by atoms with E-state index in [4.69, 9.17) is 0 Å². The topological polar surface area (TPSA) is 111 Å². The van der Waals surface area contributed by atoms with Crippen molar-refractivity contribution < 1.29 is 4.79 Å². The molecule has 1 amide bonds. The van der Waals surface area contributed by atoms with Crippen molar-refractivity contribution in [3.05, 3.63) is 103 Å². The monoisotopic (exact) mass is 486 g/mol. The molecule has 37 heavy (non-hydrogen) atoms. The molecule has 180 valence electrons. The number of nitrogens with zero attached hydrogens (tertiary/aromatic N) is 6. The van der Waals surface area contributed by atoms with E-state index >= 15 is 0 Å². The molecule has 9 heteroatoms. The van der Waals surface area contributed by atoms with Crippen LogP contribution in [0, 0.1) is 0 Å². The number of aryl methyl sites for hydroxylation is 1. The summed E-state index contributed by atoms with van der Waals surface area (Å²) in [5, 5.41) is 15.3. The van der Waals surface area contributed by atoms with Gasteiger partial charge in [-0.05, 0) is 53.4 Å². The van der Waals surface area contributed by atoms with Gasteiger partial charge < -0.3 is 15.2 Å². The Labute approximate surface area is 212 Å². The Balaban J connectivity index is 1.36. The summed E-state index contributed by atoms with van der Waals surface area (Å²) in [5.74, 6) is -0.245.